The van der Waals surface area contributed by atoms with Crippen molar-refractivity contribution in [2.75, 3.05) is 6.54 Å². The lowest BCUT2D eigenvalue weighted by Crippen LogP contribution is -2.36. The first-order valence-electron chi connectivity index (χ1n) is 5.75. The van der Waals surface area contributed by atoms with E-state index in [1.807, 2.05) is 25.7 Å². The van der Waals surface area contributed by atoms with Crippen LogP contribution >= 0.6 is 0 Å². The van der Waals surface area contributed by atoms with Crippen LogP contribution in [0.15, 0.2) is 0 Å². The van der Waals surface area contributed by atoms with Gasteiger partial charge in [0.25, 0.3) is 0 Å². The molecule has 0 fully saturated rings. The summed E-state index contributed by atoms with van der Waals surface area (Å²) < 4.78 is 1.72. The van der Waals surface area contributed by atoms with Crippen LogP contribution in [0.4, 0.5) is 0 Å². The zero-order valence-corrected chi connectivity index (χ0v) is 10.5. The minimum absolute atomic E-state index is 0.00332. The standard InChI is InChI=1S/C10H19N5O2/c1-4-5-15-9(11-12-13-15)6-14(8(2)3)7-10(16)17/h8H,4-7H2,1-3H3,(H,16,17). The maximum atomic E-state index is 10.8. The Kier molecular flexibility index (Phi) is 5.02. The Bertz CT molecular complexity index is 363. The number of aryl methyl sites for hydroxylation is 1. The number of aromatic nitrogens is 4. The van der Waals surface area contributed by atoms with Gasteiger partial charge in [0.05, 0.1) is 13.1 Å². The molecule has 96 valence electrons. The monoisotopic (exact) mass is 241 g/mol. The van der Waals surface area contributed by atoms with Crippen LogP contribution in [0.25, 0.3) is 0 Å². The predicted molar refractivity (Wildman–Crippen MR) is 61.3 cm³/mol. The molecule has 0 saturated carbocycles. The van der Waals surface area contributed by atoms with E-state index in [4.69, 9.17) is 5.11 Å². The molecule has 1 heterocycles. The van der Waals surface area contributed by atoms with E-state index >= 15 is 0 Å². The van der Waals surface area contributed by atoms with E-state index in [9.17, 15) is 4.79 Å². The summed E-state index contributed by atoms with van der Waals surface area (Å²) in [5, 5.41) is 20.3. The van der Waals surface area contributed by atoms with Gasteiger partial charge in [-0.15, -0.1) is 5.10 Å². The lowest BCUT2D eigenvalue weighted by atomic mass is 10.3. The summed E-state index contributed by atoms with van der Waals surface area (Å²) in [7, 11) is 0. The van der Waals surface area contributed by atoms with Gasteiger partial charge in [-0.3, -0.25) is 9.69 Å². The van der Waals surface area contributed by atoms with Crippen LogP contribution in [-0.4, -0.2) is 48.8 Å². The molecule has 0 spiro atoms. The third-order valence-corrected chi connectivity index (χ3v) is 2.45. The average molecular weight is 241 g/mol. The van der Waals surface area contributed by atoms with Crippen LogP contribution < -0.4 is 0 Å². The molecule has 0 radical (unpaired) electrons. The van der Waals surface area contributed by atoms with Crippen LogP contribution in [0.2, 0.25) is 0 Å². The highest BCUT2D eigenvalue weighted by Crippen LogP contribution is 2.05. The SMILES string of the molecule is CCCn1nnnc1CN(CC(=O)O)C(C)C. The van der Waals surface area contributed by atoms with Crippen molar-refractivity contribution in [2.24, 2.45) is 0 Å². The predicted octanol–water partition coefficient (Wildman–Crippen LogP) is 0.378. The number of hydrogen-bond acceptors (Lipinski definition) is 5. The van der Waals surface area contributed by atoms with Gasteiger partial charge in [0.2, 0.25) is 0 Å². The quantitative estimate of drug-likeness (QED) is 0.743. The molecule has 0 aliphatic carbocycles. The molecular weight excluding hydrogens is 222 g/mol. The summed E-state index contributed by atoms with van der Waals surface area (Å²) in [4.78, 5) is 12.6. The summed E-state index contributed by atoms with van der Waals surface area (Å²) in [5.74, 6) is -0.130. The topological polar surface area (TPSA) is 84.1 Å². The Morgan fingerprint density at radius 2 is 2.24 bits per heavy atom. The van der Waals surface area contributed by atoms with Crippen LogP contribution in [0.3, 0.4) is 0 Å². The Hall–Kier alpha value is -1.50. The molecule has 0 atom stereocenters. The second-order valence-electron chi connectivity index (χ2n) is 4.21. The van der Waals surface area contributed by atoms with Gasteiger partial charge >= 0.3 is 5.97 Å². The fraction of sp³-hybridized carbons (Fsp3) is 0.800. The van der Waals surface area contributed by atoms with Crippen molar-refractivity contribution in [3.63, 3.8) is 0 Å². The molecule has 0 aliphatic rings. The van der Waals surface area contributed by atoms with E-state index < -0.39 is 5.97 Å². The number of hydrogen-bond donors (Lipinski definition) is 1. The van der Waals surface area contributed by atoms with Gasteiger partial charge in [-0.2, -0.15) is 0 Å². The molecule has 0 aliphatic heterocycles. The first-order valence-corrected chi connectivity index (χ1v) is 5.75. The highest BCUT2D eigenvalue weighted by molar-refractivity contribution is 5.69. The van der Waals surface area contributed by atoms with Crippen molar-refractivity contribution in [3.8, 4) is 0 Å². The van der Waals surface area contributed by atoms with Crippen LogP contribution in [0.5, 0.6) is 0 Å². The molecule has 1 N–H and O–H groups in total. The first kappa shape index (κ1) is 13.6. The molecule has 1 aromatic rings. The number of rotatable bonds is 7. The molecule has 0 unspecified atom stereocenters. The van der Waals surface area contributed by atoms with Gasteiger partial charge in [0, 0.05) is 12.6 Å². The fourth-order valence-corrected chi connectivity index (χ4v) is 1.50. The van der Waals surface area contributed by atoms with Gasteiger partial charge in [-0.25, -0.2) is 4.68 Å². The number of carboxylic acids is 1. The van der Waals surface area contributed by atoms with Crippen LogP contribution in [-0.2, 0) is 17.9 Å². The van der Waals surface area contributed by atoms with E-state index in [1.54, 1.807) is 4.68 Å². The zero-order valence-electron chi connectivity index (χ0n) is 10.5. The Balaban J connectivity index is 2.71. The summed E-state index contributed by atoms with van der Waals surface area (Å²) in [6, 6.07) is 0.137. The molecule has 17 heavy (non-hydrogen) atoms. The van der Waals surface area contributed by atoms with Gasteiger partial charge in [0.1, 0.15) is 0 Å². The third-order valence-electron chi connectivity index (χ3n) is 2.45. The Morgan fingerprint density at radius 1 is 1.53 bits per heavy atom. The van der Waals surface area contributed by atoms with E-state index in [1.165, 1.54) is 0 Å². The third kappa shape index (κ3) is 4.10. The van der Waals surface area contributed by atoms with Crippen molar-refractivity contribution in [2.45, 2.75) is 46.3 Å². The lowest BCUT2D eigenvalue weighted by Gasteiger charge is -2.23. The van der Waals surface area contributed by atoms with Gasteiger partial charge in [-0.1, -0.05) is 6.92 Å². The van der Waals surface area contributed by atoms with Crippen molar-refractivity contribution in [1.82, 2.24) is 25.1 Å². The highest BCUT2D eigenvalue weighted by atomic mass is 16.4. The van der Waals surface area contributed by atoms with Gasteiger partial charge in [0.15, 0.2) is 5.82 Å². The number of carboxylic acid groups (broad SMARTS) is 1. The number of tetrazole rings is 1. The molecule has 1 aromatic heterocycles. The molecule has 7 nitrogen and oxygen atoms in total. The molecule has 7 heteroatoms. The van der Waals surface area contributed by atoms with Crippen LogP contribution in [0.1, 0.15) is 33.0 Å². The normalized spacial score (nSPS) is 11.4. The Labute approximate surface area is 100 Å². The fourth-order valence-electron chi connectivity index (χ4n) is 1.50. The van der Waals surface area contributed by atoms with Gasteiger partial charge < -0.3 is 5.11 Å². The maximum Gasteiger partial charge on any atom is 0.317 e. The smallest absolute Gasteiger partial charge is 0.317 e. The van der Waals surface area contributed by atoms with Crippen molar-refractivity contribution < 1.29 is 9.90 Å². The largest absolute Gasteiger partial charge is 0.480 e. The molecule has 0 saturated heterocycles. The minimum Gasteiger partial charge on any atom is -0.480 e. The lowest BCUT2D eigenvalue weighted by molar-refractivity contribution is -0.139. The molecule has 0 aromatic carbocycles. The summed E-state index contributed by atoms with van der Waals surface area (Å²) in [6.07, 6.45) is 0.943. The second kappa shape index (κ2) is 6.29. The van der Waals surface area contributed by atoms with Crippen LogP contribution in [0, 0.1) is 0 Å². The zero-order chi connectivity index (χ0) is 12.8. The number of nitrogens with zero attached hydrogens (tertiary/aromatic N) is 5. The summed E-state index contributed by atoms with van der Waals surface area (Å²) in [5.41, 5.74) is 0. The van der Waals surface area contributed by atoms with Crippen molar-refractivity contribution in [1.29, 1.82) is 0 Å². The number of carbonyl (C=O) groups is 1. The van der Waals surface area contributed by atoms with E-state index in [-0.39, 0.29) is 12.6 Å². The number of aliphatic carboxylic acids is 1. The first-order chi connectivity index (χ1) is 8.04. The van der Waals surface area contributed by atoms with E-state index in [2.05, 4.69) is 15.5 Å². The van der Waals surface area contributed by atoms with E-state index in [0.717, 1.165) is 13.0 Å². The van der Waals surface area contributed by atoms with E-state index in [0.29, 0.717) is 12.4 Å². The molecule has 1 rings (SSSR count). The summed E-state index contributed by atoms with van der Waals surface area (Å²) >= 11 is 0. The molecular formula is C10H19N5O2. The molecule has 0 bridgehead atoms. The second-order valence-corrected chi connectivity index (χ2v) is 4.21. The van der Waals surface area contributed by atoms with Crippen molar-refractivity contribution >= 4 is 5.97 Å². The average Bonchev–Trinajstić information content (AvgIpc) is 2.64. The molecule has 0 amide bonds. The minimum atomic E-state index is -0.840. The summed E-state index contributed by atoms with van der Waals surface area (Å²) in [6.45, 7) is 7.16. The maximum absolute atomic E-state index is 10.8. The highest BCUT2D eigenvalue weighted by Gasteiger charge is 2.17. The Morgan fingerprint density at radius 3 is 2.76 bits per heavy atom. The van der Waals surface area contributed by atoms with Gasteiger partial charge in [-0.05, 0) is 30.7 Å². The van der Waals surface area contributed by atoms with Crippen molar-refractivity contribution in [3.05, 3.63) is 5.82 Å².